The third-order valence-corrected chi connectivity index (χ3v) is 8.79. The van der Waals surface area contributed by atoms with Crippen LogP contribution in [-0.2, 0) is 14.8 Å². The quantitative estimate of drug-likeness (QED) is 0.684. The van der Waals surface area contributed by atoms with Crippen LogP contribution in [0.25, 0.3) is 0 Å². The van der Waals surface area contributed by atoms with Crippen molar-refractivity contribution < 1.29 is 18.0 Å². The first-order valence-corrected chi connectivity index (χ1v) is 13.4. The van der Waals surface area contributed by atoms with Crippen molar-refractivity contribution in [2.24, 2.45) is 5.92 Å². The van der Waals surface area contributed by atoms with Crippen molar-refractivity contribution >= 4 is 21.8 Å². The lowest BCUT2D eigenvalue weighted by Gasteiger charge is -2.36. The number of carbonyl (C=O) groups is 2. The first-order valence-electron chi connectivity index (χ1n) is 12.0. The zero-order valence-corrected chi connectivity index (χ0v) is 20.7. The molecule has 0 aromatic heterocycles. The van der Waals surface area contributed by atoms with Crippen molar-refractivity contribution in [1.29, 1.82) is 0 Å². The molecule has 2 aromatic rings. The number of likely N-dealkylation sites (tertiary alicyclic amines) is 1. The molecule has 0 unspecified atom stereocenters. The Labute approximate surface area is 202 Å². The van der Waals surface area contributed by atoms with Gasteiger partial charge in [-0.3, -0.25) is 9.59 Å². The first-order chi connectivity index (χ1) is 16.3. The molecule has 2 aromatic carbocycles. The number of hydrogen-bond donors (Lipinski definition) is 1. The largest absolute Gasteiger partial charge is 0.341 e. The summed E-state index contributed by atoms with van der Waals surface area (Å²) in [4.78, 5) is 28.5. The molecule has 2 heterocycles. The molecule has 7 nitrogen and oxygen atoms in total. The van der Waals surface area contributed by atoms with E-state index in [2.05, 4.69) is 5.32 Å². The molecular formula is C26H33N3O4S. The summed E-state index contributed by atoms with van der Waals surface area (Å²) < 4.78 is 27.7. The number of amides is 2. The lowest BCUT2D eigenvalue weighted by atomic mass is 9.89. The number of sulfonamides is 1. The molecule has 1 atom stereocenters. The number of carbonyl (C=O) groups excluding carboxylic acids is 2. The zero-order valence-electron chi connectivity index (χ0n) is 19.9. The second-order valence-corrected chi connectivity index (χ2v) is 11.3. The molecule has 2 saturated heterocycles. The second-order valence-electron chi connectivity index (χ2n) is 9.41. The summed E-state index contributed by atoms with van der Waals surface area (Å²) in [7, 11) is -3.58. The summed E-state index contributed by atoms with van der Waals surface area (Å²) in [5.41, 5.74) is 2.51. The van der Waals surface area contributed by atoms with Gasteiger partial charge in [0.2, 0.25) is 15.9 Å². The molecule has 34 heavy (non-hydrogen) atoms. The minimum absolute atomic E-state index is 0.0571. The number of benzene rings is 2. The summed E-state index contributed by atoms with van der Waals surface area (Å²) in [5, 5.41) is 3.00. The predicted molar refractivity (Wildman–Crippen MR) is 131 cm³/mol. The third-order valence-electron chi connectivity index (χ3n) is 6.88. The number of nitrogens with zero attached hydrogens (tertiary/aromatic N) is 2. The average molecular weight is 484 g/mol. The van der Waals surface area contributed by atoms with E-state index in [1.807, 2.05) is 36.9 Å². The number of aryl methyl sites for hydroxylation is 2. The molecule has 0 saturated carbocycles. The maximum absolute atomic E-state index is 13.4. The predicted octanol–water partition coefficient (Wildman–Crippen LogP) is 3.13. The molecule has 0 spiro atoms. The van der Waals surface area contributed by atoms with Crippen LogP contribution in [-0.4, -0.2) is 61.7 Å². The van der Waals surface area contributed by atoms with Crippen molar-refractivity contribution in [3.8, 4) is 0 Å². The van der Waals surface area contributed by atoms with Crippen molar-refractivity contribution in [3.63, 3.8) is 0 Å². The Morgan fingerprint density at radius 1 is 0.912 bits per heavy atom. The van der Waals surface area contributed by atoms with E-state index in [4.69, 9.17) is 0 Å². The average Bonchev–Trinajstić information content (AvgIpc) is 3.37. The molecular weight excluding hydrogens is 450 g/mol. The summed E-state index contributed by atoms with van der Waals surface area (Å²) in [6.45, 7) is 5.90. The van der Waals surface area contributed by atoms with Crippen molar-refractivity contribution in [2.45, 2.75) is 50.5 Å². The van der Waals surface area contributed by atoms with Crippen LogP contribution in [0.15, 0.2) is 53.4 Å². The molecule has 0 radical (unpaired) electrons. The molecule has 182 valence electrons. The van der Waals surface area contributed by atoms with Gasteiger partial charge in [-0.1, -0.05) is 35.4 Å². The van der Waals surface area contributed by atoms with Crippen LogP contribution in [0.5, 0.6) is 0 Å². The zero-order chi connectivity index (χ0) is 24.3. The van der Waals surface area contributed by atoms with Gasteiger partial charge in [0.05, 0.1) is 4.90 Å². The number of nitrogens with one attached hydrogen (secondary N) is 1. The Morgan fingerprint density at radius 3 is 2.18 bits per heavy atom. The van der Waals surface area contributed by atoms with E-state index in [-0.39, 0.29) is 22.6 Å². The van der Waals surface area contributed by atoms with Gasteiger partial charge in [0.25, 0.3) is 5.91 Å². The highest BCUT2D eigenvalue weighted by atomic mass is 32.2. The minimum atomic E-state index is -3.58. The molecule has 8 heteroatoms. The Hall–Kier alpha value is -2.71. The van der Waals surface area contributed by atoms with Gasteiger partial charge in [0, 0.05) is 31.7 Å². The van der Waals surface area contributed by atoms with E-state index in [1.54, 1.807) is 30.3 Å². The van der Waals surface area contributed by atoms with Gasteiger partial charge >= 0.3 is 0 Å². The van der Waals surface area contributed by atoms with Gasteiger partial charge in [0.15, 0.2) is 0 Å². The fourth-order valence-corrected chi connectivity index (χ4v) is 6.30. The summed E-state index contributed by atoms with van der Waals surface area (Å²) in [5.74, 6) is -0.444. The second kappa shape index (κ2) is 10.3. The Kier molecular flexibility index (Phi) is 7.38. The van der Waals surface area contributed by atoms with Crippen molar-refractivity contribution in [1.82, 2.24) is 14.5 Å². The lowest BCUT2D eigenvalue weighted by Crippen LogP contribution is -2.54. The molecule has 1 N–H and O–H groups in total. The maximum Gasteiger partial charge on any atom is 0.251 e. The van der Waals surface area contributed by atoms with E-state index in [0.29, 0.717) is 44.6 Å². The number of piperidine rings is 1. The molecule has 2 aliphatic rings. The molecule has 0 bridgehead atoms. The SMILES string of the molecule is Cc1ccc(S(=O)(=O)N2CCC([C@@H](NC(=O)c3cccc(C)c3)C(=O)N3CCCC3)CC2)cc1. The lowest BCUT2D eigenvalue weighted by molar-refractivity contribution is -0.133. The van der Waals surface area contributed by atoms with Crippen LogP contribution in [0.2, 0.25) is 0 Å². The van der Waals surface area contributed by atoms with E-state index < -0.39 is 16.1 Å². The monoisotopic (exact) mass is 483 g/mol. The van der Waals surface area contributed by atoms with Crippen molar-refractivity contribution in [3.05, 3.63) is 65.2 Å². The molecule has 2 amide bonds. The molecule has 2 aliphatic heterocycles. The number of rotatable bonds is 6. The van der Waals surface area contributed by atoms with Gasteiger partial charge in [-0.15, -0.1) is 0 Å². The fourth-order valence-electron chi connectivity index (χ4n) is 4.84. The smallest absolute Gasteiger partial charge is 0.251 e. The van der Waals surface area contributed by atoms with Gasteiger partial charge in [-0.2, -0.15) is 4.31 Å². The van der Waals surface area contributed by atoms with Crippen LogP contribution < -0.4 is 5.32 Å². The van der Waals surface area contributed by atoms with E-state index in [9.17, 15) is 18.0 Å². The molecule has 4 rings (SSSR count). The van der Waals surface area contributed by atoms with Gasteiger partial charge in [0.1, 0.15) is 6.04 Å². The summed E-state index contributed by atoms with van der Waals surface area (Å²) in [6.07, 6.45) is 2.97. The standard InChI is InChI=1S/C26H33N3O4S/c1-19-8-10-23(11-9-19)34(32,33)29-16-12-21(13-17-29)24(26(31)28-14-3-4-15-28)27-25(30)22-7-5-6-20(2)18-22/h5-11,18,21,24H,3-4,12-17H2,1-2H3,(H,27,30)/t24-/m1/s1. The first kappa shape index (κ1) is 24.4. The maximum atomic E-state index is 13.4. The summed E-state index contributed by atoms with van der Waals surface area (Å²) in [6, 6.07) is 13.5. The van der Waals surface area contributed by atoms with Gasteiger partial charge in [-0.05, 0) is 69.7 Å². The van der Waals surface area contributed by atoms with E-state index >= 15 is 0 Å². The topological polar surface area (TPSA) is 86.8 Å². The third kappa shape index (κ3) is 5.33. The van der Waals surface area contributed by atoms with Crippen molar-refractivity contribution in [2.75, 3.05) is 26.2 Å². The Bertz CT molecular complexity index is 1130. The van der Waals surface area contributed by atoms with Gasteiger partial charge < -0.3 is 10.2 Å². The highest BCUT2D eigenvalue weighted by molar-refractivity contribution is 7.89. The van der Waals surface area contributed by atoms with Crippen LogP contribution in [0.1, 0.15) is 47.2 Å². The normalized spacial score (nSPS) is 18.6. The van der Waals surface area contributed by atoms with Gasteiger partial charge in [-0.25, -0.2) is 8.42 Å². The Morgan fingerprint density at radius 2 is 1.56 bits per heavy atom. The van der Waals surface area contributed by atoms with Crippen LogP contribution in [0.4, 0.5) is 0 Å². The minimum Gasteiger partial charge on any atom is -0.341 e. The van der Waals surface area contributed by atoms with Crippen LogP contribution >= 0.6 is 0 Å². The van der Waals surface area contributed by atoms with E-state index in [0.717, 1.165) is 24.0 Å². The highest BCUT2D eigenvalue weighted by Crippen LogP contribution is 2.28. The van der Waals surface area contributed by atoms with Crippen LogP contribution in [0.3, 0.4) is 0 Å². The highest BCUT2D eigenvalue weighted by Gasteiger charge is 2.38. The Balaban J connectivity index is 1.49. The van der Waals surface area contributed by atoms with Crippen LogP contribution in [0, 0.1) is 19.8 Å². The fraction of sp³-hybridized carbons (Fsp3) is 0.462. The molecule has 0 aliphatic carbocycles. The van der Waals surface area contributed by atoms with E-state index in [1.165, 1.54) is 4.31 Å². The number of hydrogen-bond acceptors (Lipinski definition) is 4. The summed E-state index contributed by atoms with van der Waals surface area (Å²) >= 11 is 0. The molecule has 2 fully saturated rings.